The SMILES string of the molecule is N#CC1CCCC(NC2CCN(c3ccccc3F)C2=O)C1. The number of rotatable bonds is 3. The van der Waals surface area contributed by atoms with Crippen molar-refractivity contribution in [3.63, 3.8) is 0 Å². The molecule has 116 valence electrons. The third-order valence-electron chi connectivity index (χ3n) is 4.64. The Morgan fingerprint density at radius 1 is 1.27 bits per heavy atom. The van der Waals surface area contributed by atoms with Crippen LogP contribution in [0.5, 0.6) is 0 Å². The summed E-state index contributed by atoms with van der Waals surface area (Å²) in [4.78, 5) is 14.0. The summed E-state index contributed by atoms with van der Waals surface area (Å²) in [6.07, 6.45) is 4.46. The van der Waals surface area contributed by atoms with Crippen LogP contribution < -0.4 is 10.2 Å². The quantitative estimate of drug-likeness (QED) is 0.933. The summed E-state index contributed by atoms with van der Waals surface area (Å²) >= 11 is 0. The van der Waals surface area contributed by atoms with Crippen LogP contribution in [0.4, 0.5) is 10.1 Å². The molecule has 1 saturated heterocycles. The molecule has 3 rings (SSSR count). The van der Waals surface area contributed by atoms with Gasteiger partial charge >= 0.3 is 0 Å². The summed E-state index contributed by atoms with van der Waals surface area (Å²) in [5, 5.41) is 12.4. The smallest absolute Gasteiger partial charge is 0.244 e. The Bertz CT molecular complexity index is 598. The average Bonchev–Trinajstić information content (AvgIpc) is 2.89. The Kier molecular flexibility index (Phi) is 4.39. The molecule has 3 unspecified atom stereocenters. The summed E-state index contributed by atoms with van der Waals surface area (Å²) in [7, 11) is 0. The second kappa shape index (κ2) is 6.45. The van der Waals surface area contributed by atoms with Crippen molar-refractivity contribution < 1.29 is 9.18 Å². The zero-order valence-corrected chi connectivity index (χ0v) is 12.5. The van der Waals surface area contributed by atoms with Gasteiger partial charge in [-0.05, 0) is 37.8 Å². The number of hydrogen-bond acceptors (Lipinski definition) is 3. The van der Waals surface area contributed by atoms with E-state index in [4.69, 9.17) is 5.26 Å². The van der Waals surface area contributed by atoms with Gasteiger partial charge in [-0.1, -0.05) is 18.6 Å². The highest BCUT2D eigenvalue weighted by molar-refractivity contribution is 5.99. The minimum Gasteiger partial charge on any atom is -0.308 e. The fourth-order valence-corrected chi connectivity index (χ4v) is 3.49. The Labute approximate surface area is 129 Å². The predicted molar refractivity (Wildman–Crippen MR) is 81.7 cm³/mol. The molecule has 2 aliphatic rings. The second-order valence-electron chi connectivity index (χ2n) is 6.14. The van der Waals surface area contributed by atoms with Gasteiger partial charge in [-0.2, -0.15) is 5.26 Å². The van der Waals surface area contributed by atoms with Crippen molar-refractivity contribution in [2.24, 2.45) is 5.92 Å². The lowest BCUT2D eigenvalue weighted by Crippen LogP contribution is -2.45. The van der Waals surface area contributed by atoms with Gasteiger partial charge in [-0.15, -0.1) is 0 Å². The van der Waals surface area contributed by atoms with Crippen molar-refractivity contribution >= 4 is 11.6 Å². The first-order valence-electron chi connectivity index (χ1n) is 7.90. The lowest BCUT2D eigenvalue weighted by molar-refractivity contribution is -0.119. The number of carbonyl (C=O) groups excluding carboxylic acids is 1. The first-order chi connectivity index (χ1) is 10.7. The van der Waals surface area contributed by atoms with Gasteiger partial charge in [-0.3, -0.25) is 4.79 Å². The molecule has 1 aromatic carbocycles. The Morgan fingerprint density at radius 2 is 2.09 bits per heavy atom. The number of halogens is 1. The molecule has 0 aromatic heterocycles. The number of para-hydroxylation sites is 1. The van der Waals surface area contributed by atoms with E-state index in [0.29, 0.717) is 18.7 Å². The van der Waals surface area contributed by atoms with Gasteiger partial charge in [0.1, 0.15) is 5.82 Å². The van der Waals surface area contributed by atoms with Gasteiger partial charge in [0.15, 0.2) is 0 Å². The summed E-state index contributed by atoms with van der Waals surface area (Å²) < 4.78 is 13.8. The van der Waals surface area contributed by atoms with E-state index < -0.39 is 0 Å². The van der Waals surface area contributed by atoms with Crippen LogP contribution in [0.15, 0.2) is 24.3 Å². The number of nitrogens with one attached hydrogen (secondary N) is 1. The Hall–Kier alpha value is -1.93. The first kappa shape index (κ1) is 15.0. The van der Waals surface area contributed by atoms with E-state index in [2.05, 4.69) is 11.4 Å². The number of hydrogen-bond donors (Lipinski definition) is 1. The lowest BCUT2D eigenvalue weighted by Gasteiger charge is -2.28. The van der Waals surface area contributed by atoms with Crippen LogP contribution in [0.1, 0.15) is 32.1 Å². The summed E-state index contributed by atoms with van der Waals surface area (Å²) in [5.74, 6) is -0.340. The van der Waals surface area contributed by atoms with Crippen LogP contribution in [-0.2, 0) is 4.79 Å². The predicted octanol–water partition coefficient (Wildman–Crippen LogP) is 2.60. The van der Waals surface area contributed by atoms with E-state index in [0.717, 1.165) is 25.7 Å². The van der Waals surface area contributed by atoms with Crippen LogP contribution in [0.2, 0.25) is 0 Å². The first-order valence-corrected chi connectivity index (χ1v) is 7.90. The zero-order chi connectivity index (χ0) is 15.5. The fraction of sp³-hybridized carbons (Fsp3) is 0.529. The van der Waals surface area contributed by atoms with Crippen molar-refractivity contribution in [2.75, 3.05) is 11.4 Å². The van der Waals surface area contributed by atoms with E-state index in [1.807, 2.05) is 0 Å². The Morgan fingerprint density at radius 3 is 2.86 bits per heavy atom. The maximum absolute atomic E-state index is 13.8. The van der Waals surface area contributed by atoms with Gasteiger partial charge in [-0.25, -0.2) is 4.39 Å². The van der Waals surface area contributed by atoms with E-state index in [-0.39, 0.29) is 29.7 Å². The molecule has 3 atom stereocenters. The molecule has 0 spiro atoms. The molecule has 1 aromatic rings. The third kappa shape index (κ3) is 2.97. The highest BCUT2D eigenvalue weighted by atomic mass is 19.1. The van der Waals surface area contributed by atoms with Crippen LogP contribution in [0.3, 0.4) is 0 Å². The maximum Gasteiger partial charge on any atom is 0.244 e. The molecule has 1 N–H and O–H groups in total. The molecule has 4 nitrogen and oxygen atoms in total. The van der Waals surface area contributed by atoms with Crippen molar-refractivity contribution in [1.29, 1.82) is 5.26 Å². The summed E-state index contributed by atoms with van der Waals surface area (Å²) in [6, 6.07) is 8.66. The number of nitrogens with zero attached hydrogens (tertiary/aromatic N) is 2. The molecule has 1 heterocycles. The van der Waals surface area contributed by atoms with E-state index in [9.17, 15) is 9.18 Å². The lowest BCUT2D eigenvalue weighted by atomic mass is 9.86. The van der Waals surface area contributed by atoms with E-state index >= 15 is 0 Å². The van der Waals surface area contributed by atoms with Crippen molar-refractivity contribution in [3.05, 3.63) is 30.1 Å². The van der Waals surface area contributed by atoms with Gasteiger partial charge < -0.3 is 10.2 Å². The Balaban J connectivity index is 1.64. The topological polar surface area (TPSA) is 56.1 Å². The minimum atomic E-state index is -0.362. The molecule has 1 saturated carbocycles. The second-order valence-corrected chi connectivity index (χ2v) is 6.14. The molecule has 1 aliphatic heterocycles. The van der Waals surface area contributed by atoms with Crippen molar-refractivity contribution in [3.8, 4) is 6.07 Å². The van der Waals surface area contributed by atoms with Gasteiger partial charge in [0, 0.05) is 18.5 Å². The van der Waals surface area contributed by atoms with Crippen molar-refractivity contribution in [2.45, 2.75) is 44.2 Å². The normalized spacial score (nSPS) is 28.6. The van der Waals surface area contributed by atoms with Crippen LogP contribution in [-0.4, -0.2) is 24.5 Å². The number of carbonyl (C=O) groups is 1. The van der Waals surface area contributed by atoms with Crippen LogP contribution >= 0.6 is 0 Å². The molecule has 1 amide bonds. The molecular weight excluding hydrogens is 281 g/mol. The minimum absolute atomic E-state index is 0.0656. The molecule has 22 heavy (non-hydrogen) atoms. The average molecular weight is 301 g/mol. The molecule has 0 bridgehead atoms. The molecule has 5 heteroatoms. The summed E-state index contributed by atoms with van der Waals surface area (Å²) in [5.41, 5.74) is 0.357. The summed E-state index contributed by atoms with van der Waals surface area (Å²) in [6.45, 7) is 0.534. The number of anilines is 1. The highest BCUT2D eigenvalue weighted by Gasteiger charge is 2.35. The van der Waals surface area contributed by atoms with Crippen molar-refractivity contribution in [1.82, 2.24) is 5.32 Å². The molecular formula is C17H20FN3O. The fourth-order valence-electron chi connectivity index (χ4n) is 3.49. The zero-order valence-electron chi connectivity index (χ0n) is 12.5. The van der Waals surface area contributed by atoms with E-state index in [1.165, 1.54) is 11.0 Å². The molecule has 2 fully saturated rings. The number of benzene rings is 1. The number of amides is 1. The monoisotopic (exact) mass is 301 g/mol. The van der Waals surface area contributed by atoms with Gasteiger partial charge in [0.05, 0.1) is 17.8 Å². The van der Waals surface area contributed by atoms with Crippen LogP contribution in [0.25, 0.3) is 0 Å². The maximum atomic E-state index is 13.8. The van der Waals surface area contributed by atoms with E-state index in [1.54, 1.807) is 18.2 Å². The molecule has 0 radical (unpaired) electrons. The van der Waals surface area contributed by atoms with Gasteiger partial charge in [0.25, 0.3) is 0 Å². The third-order valence-corrected chi connectivity index (χ3v) is 4.64. The highest BCUT2D eigenvalue weighted by Crippen LogP contribution is 2.27. The largest absolute Gasteiger partial charge is 0.308 e. The number of nitriles is 1. The van der Waals surface area contributed by atoms with Gasteiger partial charge in [0.2, 0.25) is 5.91 Å². The standard InChI is InChI=1S/C17H20FN3O/c18-14-6-1-2-7-16(14)21-9-8-15(17(21)22)20-13-5-3-4-12(10-13)11-19/h1-2,6-7,12-13,15,20H,3-5,8-10H2. The van der Waals surface area contributed by atoms with Crippen LogP contribution in [0, 0.1) is 23.1 Å². The molecule has 1 aliphatic carbocycles.